The molecule has 1 N–H and O–H groups in total. The average Bonchev–Trinajstić information content (AvgIpc) is 1.98. The molecule has 0 aromatic carbocycles. The molecule has 0 unspecified atom stereocenters. The molecule has 1 nitrogen and oxygen atoms in total. The van der Waals surface area contributed by atoms with Gasteiger partial charge >= 0.3 is 0 Å². The van der Waals surface area contributed by atoms with Crippen LogP contribution in [0.4, 0.5) is 0 Å². The summed E-state index contributed by atoms with van der Waals surface area (Å²) in [5.74, 6) is 0. The molecule has 1 rings (SSSR count). The first-order chi connectivity index (χ1) is 5.24. The van der Waals surface area contributed by atoms with E-state index in [1.54, 1.807) is 0 Å². The number of hydrogen-bond donors (Lipinski definition) is 1. The minimum atomic E-state index is -0.370. The molecule has 1 atom stereocenters. The highest BCUT2D eigenvalue weighted by Crippen LogP contribution is 2.24. The van der Waals surface area contributed by atoms with Crippen molar-refractivity contribution in [2.75, 3.05) is 0 Å². The molecule has 62 valence electrons. The van der Waals surface area contributed by atoms with E-state index in [4.69, 9.17) is 0 Å². The number of aliphatic hydroxyl groups excluding tert-OH is 1. The highest BCUT2D eigenvalue weighted by atomic mass is 16.3. The molecule has 0 saturated heterocycles. The molecular weight excluding hydrogens is 136 g/mol. The molecule has 0 aromatic heterocycles. The molecule has 0 amide bonds. The van der Waals surface area contributed by atoms with E-state index in [0.717, 1.165) is 24.8 Å². The standard InChI is InChI=1S/C10H16O/c1-3-4-9-6-5-8(2)10(11)7-9/h7,10-11H,2-6H2,1H3/t10-/m1/s1. The Balaban J connectivity index is 2.56. The average molecular weight is 152 g/mol. The van der Waals surface area contributed by atoms with Crippen LogP contribution in [0.15, 0.2) is 23.8 Å². The molecule has 0 spiro atoms. The second-order valence-electron chi connectivity index (χ2n) is 3.18. The highest BCUT2D eigenvalue weighted by molar-refractivity contribution is 5.22. The summed E-state index contributed by atoms with van der Waals surface area (Å²) in [6.45, 7) is 5.96. The third kappa shape index (κ3) is 2.19. The highest BCUT2D eigenvalue weighted by Gasteiger charge is 2.13. The fraction of sp³-hybridized carbons (Fsp3) is 0.600. The van der Waals surface area contributed by atoms with Crippen molar-refractivity contribution < 1.29 is 5.11 Å². The van der Waals surface area contributed by atoms with Gasteiger partial charge in [0, 0.05) is 0 Å². The van der Waals surface area contributed by atoms with E-state index in [0.29, 0.717) is 0 Å². The van der Waals surface area contributed by atoms with Gasteiger partial charge in [-0.3, -0.25) is 0 Å². The van der Waals surface area contributed by atoms with E-state index in [9.17, 15) is 5.11 Å². The van der Waals surface area contributed by atoms with Gasteiger partial charge in [0.1, 0.15) is 0 Å². The minimum absolute atomic E-state index is 0.370. The first kappa shape index (κ1) is 8.54. The second-order valence-corrected chi connectivity index (χ2v) is 3.18. The van der Waals surface area contributed by atoms with Crippen molar-refractivity contribution in [2.24, 2.45) is 0 Å². The maximum atomic E-state index is 9.40. The maximum absolute atomic E-state index is 9.40. The molecule has 0 aliphatic heterocycles. The zero-order valence-corrected chi connectivity index (χ0v) is 7.14. The number of hydrogen-bond acceptors (Lipinski definition) is 1. The molecule has 0 heterocycles. The van der Waals surface area contributed by atoms with Crippen molar-refractivity contribution in [3.63, 3.8) is 0 Å². The van der Waals surface area contributed by atoms with Crippen LogP contribution >= 0.6 is 0 Å². The van der Waals surface area contributed by atoms with Crippen LogP contribution in [0.25, 0.3) is 0 Å². The van der Waals surface area contributed by atoms with Gasteiger partial charge in [0.15, 0.2) is 0 Å². The van der Waals surface area contributed by atoms with E-state index < -0.39 is 0 Å². The Morgan fingerprint density at radius 2 is 2.36 bits per heavy atom. The summed E-state index contributed by atoms with van der Waals surface area (Å²) in [6.07, 6.45) is 5.95. The van der Waals surface area contributed by atoms with Gasteiger partial charge in [-0.05, 0) is 24.8 Å². The van der Waals surface area contributed by atoms with Gasteiger partial charge < -0.3 is 5.11 Å². The van der Waals surface area contributed by atoms with Gasteiger partial charge in [-0.2, -0.15) is 0 Å². The zero-order valence-electron chi connectivity index (χ0n) is 7.14. The van der Waals surface area contributed by atoms with Gasteiger partial charge in [-0.1, -0.05) is 31.6 Å². The molecule has 0 aromatic rings. The molecule has 0 bridgehead atoms. The van der Waals surface area contributed by atoms with E-state index in [1.807, 2.05) is 6.08 Å². The largest absolute Gasteiger partial charge is 0.385 e. The minimum Gasteiger partial charge on any atom is -0.385 e. The molecule has 0 radical (unpaired) electrons. The van der Waals surface area contributed by atoms with E-state index in [1.165, 1.54) is 12.0 Å². The van der Waals surface area contributed by atoms with Crippen molar-refractivity contribution in [3.8, 4) is 0 Å². The first-order valence-corrected chi connectivity index (χ1v) is 4.29. The zero-order chi connectivity index (χ0) is 8.27. The number of allylic oxidation sites excluding steroid dienone is 1. The molecule has 1 aliphatic carbocycles. The Morgan fingerprint density at radius 3 is 2.91 bits per heavy atom. The quantitative estimate of drug-likeness (QED) is 0.602. The molecule has 0 fully saturated rings. The molecule has 1 aliphatic rings. The summed E-state index contributed by atoms with van der Waals surface area (Å²) in [5.41, 5.74) is 2.36. The van der Waals surface area contributed by atoms with Crippen LogP contribution in [-0.2, 0) is 0 Å². The lowest BCUT2D eigenvalue weighted by Crippen LogP contribution is -2.11. The monoisotopic (exact) mass is 152 g/mol. The van der Waals surface area contributed by atoms with E-state index in [2.05, 4.69) is 13.5 Å². The van der Waals surface area contributed by atoms with Crippen molar-refractivity contribution in [1.82, 2.24) is 0 Å². The third-order valence-electron chi connectivity index (χ3n) is 2.15. The van der Waals surface area contributed by atoms with E-state index >= 15 is 0 Å². The Morgan fingerprint density at radius 1 is 1.64 bits per heavy atom. The SMILES string of the molecule is C=C1CCC(CCC)=C[C@H]1O. The van der Waals surface area contributed by atoms with Crippen LogP contribution in [0.1, 0.15) is 32.6 Å². The summed E-state index contributed by atoms with van der Waals surface area (Å²) in [4.78, 5) is 0. The Labute approximate surface area is 68.4 Å². The lowest BCUT2D eigenvalue weighted by atomic mass is 9.91. The summed E-state index contributed by atoms with van der Waals surface area (Å²) in [5, 5.41) is 9.40. The molecule has 0 saturated carbocycles. The van der Waals surface area contributed by atoms with Crippen LogP contribution in [0.2, 0.25) is 0 Å². The van der Waals surface area contributed by atoms with Crippen LogP contribution in [0.3, 0.4) is 0 Å². The predicted octanol–water partition coefficient (Wildman–Crippen LogP) is 2.42. The summed E-state index contributed by atoms with van der Waals surface area (Å²) >= 11 is 0. The summed E-state index contributed by atoms with van der Waals surface area (Å²) < 4.78 is 0. The Kier molecular flexibility index (Phi) is 2.89. The summed E-state index contributed by atoms with van der Waals surface area (Å²) in [6, 6.07) is 0. The number of aliphatic hydroxyl groups is 1. The fourth-order valence-corrected chi connectivity index (χ4v) is 1.42. The van der Waals surface area contributed by atoms with Crippen LogP contribution < -0.4 is 0 Å². The Hall–Kier alpha value is -0.560. The van der Waals surface area contributed by atoms with Crippen molar-refractivity contribution in [3.05, 3.63) is 23.8 Å². The van der Waals surface area contributed by atoms with Crippen molar-refractivity contribution in [1.29, 1.82) is 0 Å². The van der Waals surface area contributed by atoms with Crippen LogP contribution in [0, 0.1) is 0 Å². The summed E-state index contributed by atoms with van der Waals surface area (Å²) in [7, 11) is 0. The predicted molar refractivity (Wildman–Crippen MR) is 47.4 cm³/mol. The van der Waals surface area contributed by atoms with Gasteiger partial charge in [0.2, 0.25) is 0 Å². The maximum Gasteiger partial charge on any atom is 0.0931 e. The van der Waals surface area contributed by atoms with Gasteiger partial charge in [0.05, 0.1) is 6.10 Å². The normalized spacial score (nSPS) is 25.1. The number of rotatable bonds is 2. The lowest BCUT2D eigenvalue weighted by molar-refractivity contribution is 0.248. The third-order valence-corrected chi connectivity index (χ3v) is 2.15. The van der Waals surface area contributed by atoms with Gasteiger partial charge in [-0.15, -0.1) is 0 Å². The van der Waals surface area contributed by atoms with E-state index in [-0.39, 0.29) is 6.10 Å². The topological polar surface area (TPSA) is 20.2 Å². The van der Waals surface area contributed by atoms with Crippen molar-refractivity contribution in [2.45, 2.75) is 38.7 Å². The van der Waals surface area contributed by atoms with Gasteiger partial charge in [-0.25, -0.2) is 0 Å². The molecular formula is C10H16O. The first-order valence-electron chi connectivity index (χ1n) is 4.29. The Bertz CT molecular complexity index is 179. The molecule has 11 heavy (non-hydrogen) atoms. The van der Waals surface area contributed by atoms with Crippen LogP contribution in [-0.4, -0.2) is 11.2 Å². The second kappa shape index (κ2) is 3.72. The fourth-order valence-electron chi connectivity index (χ4n) is 1.42. The lowest BCUT2D eigenvalue weighted by Gasteiger charge is -2.18. The van der Waals surface area contributed by atoms with Crippen molar-refractivity contribution >= 4 is 0 Å². The smallest absolute Gasteiger partial charge is 0.0931 e. The van der Waals surface area contributed by atoms with Crippen LogP contribution in [0.5, 0.6) is 0 Å². The molecule has 1 heteroatoms. The van der Waals surface area contributed by atoms with Gasteiger partial charge in [0.25, 0.3) is 0 Å².